The molecule has 0 bridgehead atoms. The predicted molar refractivity (Wildman–Crippen MR) is 104 cm³/mol. The molecule has 2 aromatic carbocycles. The van der Waals surface area contributed by atoms with Crippen LogP contribution < -0.4 is 11.1 Å². The number of ether oxygens (including phenoxy) is 1. The number of halogens is 1. The van der Waals surface area contributed by atoms with Crippen LogP contribution in [0.25, 0.3) is 0 Å². The van der Waals surface area contributed by atoms with Gasteiger partial charge in [0.05, 0.1) is 5.56 Å². The molecule has 2 rings (SSSR count). The van der Waals surface area contributed by atoms with Crippen molar-refractivity contribution < 1.29 is 23.5 Å². The van der Waals surface area contributed by atoms with Crippen molar-refractivity contribution in [3.05, 3.63) is 65.5 Å². The molecule has 0 radical (unpaired) electrons. The van der Waals surface area contributed by atoms with Gasteiger partial charge >= 0.3 is 12.0 Å². The number of esters is 1. The lowest BCUT2D eigenvalue weighted by molar-refractivity contribution is -0.130. The average molecular weight is 404 g/mol. The number of carbonyl (C=O) groups excluding carboxylic acids is 3. The molecule has 0 unspecified atom stereocenters. The van der Waals surface area contributed by atoms with E-state index in [2.05, 4.69) is 0 Å². The summed E-state index contributed by atoms with van der Waals surface area (Å²) >= 11 is 1.28. The second-order valence-electron chi connectivity index (χ2n) is 6.30. The molecule has 0 aliphatic heterocycles. The Balaban J connectivity index is 2.15. The predicted octanol–water partition coefficient (Wildman–Crippen LogP) is 3.49. The van der Waals surface area contributed by atoms with Crippen LogP contribution >= 0.6 is 11.8 Å². The van der Waals surface area contributed by atoms with Crippen LogP contribution in [-0.2, 0) is 15.3 Å². The zero-order valence-electron chi connectivity index (χ0n) is 15.5. The number of carbonyl (C=O) groups is 3. The second kappa shape index (κ2) is 9.89. The Morgan fingerprint density at radius 1 is 1.11 bits per heavy atom. The molecule has 28 heavy (non-hydrogen) atoms. The minimum Gasteiger partial charge on any atom is -0.448 e. The molecule has 6 nitrogen and oxygen atoms in total. The summed E-state index contributed by atoms with van der Waals surface area (Å²) in [6.07, 6.45) is -1.18. The molecule has 1 atom stereocenters. The fraction of sp³-hybridized carbons (Fsp3) is 0.250. The molecule has 0 heterocycles. The van der Waals surface area contributed by atoms with Gasteiger partial charge < -0.3 is 10.5 Å². The summed E-state index contributed by atoms with van der Waals surface area (Å²) in [6, 6.07) is 12.1. The van der Waals surface area contributed by atoms with Crippen molar-refractivity contribution in [1.29, 1.82) is 0 Å². The largest absolute Gasteiger partial charge is 0.448 e. The molecule has 3 N–H and O–H groups in total. The van der Waals surface area contributed by atoms with Gasteiger partial charge in [0.2, 0.25) is 0 Å². The number of hydrogen-bond acceptors (Lipinski definition) is 5. The van der Waals surface area contributed by atoms with Gasteiger partial charge in [-0.3, -0.25) is 10.1 Å². The highest BCUT2D eigenvalue weighted by atomic mass is 32.2. The Morgan fingerprint density at radius 3 is 2.39 bits per heavy atom. The Bertz CT molecular complexity index is 873. The standard InChI is InChI=1S/C20H21FN2O4S/c1-12(2)17(18(24)23-20(22)26)27-19(25)14-8-4-6-10-16(14)28-11-13-7-3-5-9-15(13)21/h3-10,12,17H,11H2,1-2H3,(H3,22,23,24,26)/t17-/m0/s1. The molecule has 3 amide bonds. The zero-order chi connectivity index (χ0) is 20.7. The summed E-state index contributed by atoms with van der Waals surface area (Å²) < 4.78 is 19.1. The number of amides is 3. The van der Waals surface area contributed by atoms with Gasteiger partial charge in [-0.1, -0.05) is 44.2 Å². The Hall–Kier alpha value is -2.87. The summed E-state index contributed by atoms with van der Waals surface area (Å²) in [5, 5.41) is 1.92. The topological polar surface area (TPSA) is 98.5 Å². The summed E-state index contributed by atoms with van der Waals surface area (Å²) in [5.41, 5.74) is 5.72. The van der Waals surface area contributed by atoms with E-state index in [1.54, 1.807) is 56.3 Å². The SMILES string of the molecule is CC(C)[C@H](OC(=O)c1ccccc1SCc1ccccc1F)C(=O)NC(N)=O. The molecule has 0 spiro atoms. The third-order valence-electron chi connectivity index (χ3n) is 3.79. The third-order valence-corrected chi connectivity index (χ3v) is 4.91. The van der Waals surface area contributed by atoms with Crippen LogP contribution in [0.4, 0.5) is 9.18 Å². The van der Waals surface area contributed by atoms with Crippen molar-refractivity contribution >= 4 is 29.7 Å². The van der Waals surface area contributed by atoms with E-state index in [0.717, 1.165) is 0 Å². The molecule has 0 fully saturated rings. The number of imide groups is 1. The molecule has 0 aromatic heterocycles. The van der Waals surface area contributed by atoms with Crippen molar-refractivity contribution in [3.63, 3.8) is 0 Å². The summed E-state index contributed by atoms with van der Waals surface area (Å²) in [5.74, 6) is -1.87. The van der Waals surface area contributed by atoms with Crippen molar-refractivity contribution in [2.45, 2.75) is 30.6 Å². The lowest BCUT2D eigenvalue weighted by Gasteiger charge is -2.20. The molecule has 148 valence electrons. The van der Waals surface area contributed by atoms with E-state index in [-0.39, 0.29) is 17.3 Å². The summed E-state index contributed by atoms with van der Waals surface area (Å²) in [4.78, 5) is 36.2. The van der Waals surface area contributed by atoms with Crippen LogP contribution in [0.2, 0.25) is 0 Å². The minimum absolute atomic E-state index is 0.251. The number of urea groups is 1. The van der Waals surface area contributed by atoms with E-state index in [4.69, 9.17) is 10.5 Å². The maximum atomic E-state index is 13.8. The van der Waals surface area contributed by atoms with Crippen LogP contribution in [0.5, 0.6) is 0 Å². The van der Waals surface area contributed by atoms with Crippen molar-refractivity contribution in [2.24, 2.45) is 11.7 Å². The number of thioether (sulfide) groups is 1. The first-order valence-corrected chi connectivity index (χ1v) is 9.54. The van der Waals surface area contributed by atoms with Gasteiger partial charge in [0.25, 0.3) is 5.91 Å². The van der Waals surface area contributed by atoms with Crippen LogP contribution in [-0.4, -0.2) is 24.0 Å². The molecule has 0 aliphatic carbocycles. The highest BCUT2D eigenvalue weighted by Crippen LogP contribution is 2.28. The van der Waals surface area contributed by atoms with Gasteiger partial charge in [0, 0.05) is 10.6 Å². The Morgan fingerprint density at radius 2 is 1.75 bits per heavy atom. The highest BCUT2D eigenvalue weighted by molar-refractivity contribution is 7.98. The highest BCUT2D eigenvalue weighted by Gasteiger charge is 2.28. The van der Waals surface area contributed by atoms with E-state index in [9.17, 15) is 18.8 Å². The van der Waals surface area contributed by atoms with Crippen LogP contribution in [0.1, 0.15) is 29.8 Å². The average Bonchev–Trinajstić information content (AvgIpc) is 2.64. The first-order valence-electron chi connectivity index (χ1n) is 8.56. The van der Waals surface area contributed by atoms with Crippen molar-refractivity contribution in [3.8, 4) is 0 Å². The molecule has 8 heteroatoms. The number of rotatable bonds is 7. The van der Waals surface area contributed by atoms with Gasteiger partial charge in [0.15, 0.2) is 6.10 Å². The van der Waals surface area contributed by atoms with Gasteiger partial charge in [-0.25, -0.2) is 14.0 Å². The smallest absolute Gasteiger partial charge is 0.340 e. The maximum Gasteiger partial charge on any atom is 0.340 e. The van der Waals surface area contributed by atoms with Gasteiger partial charge in [0.1, 0.15) is 5.82 Å². The van der Waals surface area contributed by atoms with Gasteiger partial charge in [-0.15, -0.1) is 11.8 Å². The molecule has 0 saturated heterocycles. The lowest BCUT2D eigenvalue weighted by atomic mass is 10.1. The normalized spacial score (nSPS) is 11.7. The van der Waals surface area contributed by atoms with Crippen molar-refractivity contribution in [1.82, 2.24) is 5.32 Å². The molecular weight excluding hydrogens is 383 g/mol. The van der Waals surface area contributed by atoms with Gasteiger partial charge in [-0.2, -0.15) is 0 Å². The number of hydrogen-bond donors (Lipinski definition) is 2. The lowest BCUT2D eigenvalue weighted by Crippen LogP contribution is -2.45. The number of benzene rings is 2. The zero-order valence-corrected chi connectivity index (χ0v) is 16.3. The van der Waals surface area contributed by atoms with E-state index < -0.39 is 24.0 Å². The summed E-state index contributed by atoms with van der Waals surface area (Å²) in [6.45, 7) is 3.36. The number of primary amides is 1. The van der Waals surface area contributed by atoms with E-state index >= 15 is 0 Å². The monoisotopic (exact) mass is 404 g/mol. The van der Waals surface area contributed by atoms with Crippen LogP contribution in [0.3, 0.4) is 0 Å². The van der Waals surface area contributed by atoms with Crippen LogP contribution in [0.15, 0.2) is 53.4 Å². The molecular formula is C20H21FN2O4S. The molecule has 2 aromatic rings. The fourth-order valence-corrected chi connectivity index (χ4v) is 3.42. The summed E-state index contributed by atoms with van der Waals surface area (Å²) in [7, 11) is 0. The first kappa shape index (κ1) is 21.4. The number of nitrogens with two attached hydrogens (primary N) is 1. The fourth-order valence-electron chi connectivity index (χ4n) is 2.40. The second-order valence-corrected chi connectivity index (χ2v) is 7.32. The van der Waals surface area contributed by atoms with E-state index in [0.29, 0.717) is 16.2 Å². The van der Waals surface area contributed by atoms with E-state index in [1.165, 1.54) is 17.8 Å². The van der Waals surface area contributed by atoms with Crippen LogP contribution in [0, 0.1) is 11.7 Å². The molecule has 0 saturated carbocycles. The Labute approximate surface area is 166 Å². The quantitative estimate of drug-likeness (QED) is 0.544. The third kappa shape index (κ3) is 5.82. The first-order chi connectivity index (χ1) is 13.3. The number of nitrogens with one attached hydrogen (secondary N) is 1. The van der Waals surface area contributed by atoms with E-state index in [1.807, 2.05) is 5.32 Å². The molecule has 0 aliphatic rings. The Kier molecular flexibility index (Phi) is 7.57. The van der Waals surface area contributed by atoms with Crippen molar-refractivity contribution in [2.75, 3.05) is 0 Å². The van der Waals surface area contributed by atoms with Gasteiger partial charge in [-0.05, 0) is 29.7 Å². The minimum atomic E-state index is -1.18. The maximum absolute atomic E-state index is 13.8.